The zero-order chi connectivity index (χ0) is 14.7. The Labute approximate surface area is 123 Å². The van der Waals surface area contributed by atoms with Crippen molar-refractivity contribution in [2.24, 2.45) is 5.73 Å². The van der Waals surface area contributed by atoms with Crippen LogP contribution in [0.1, 0.15) is 36.3 Å². The summed E-state index contributed by atoms with van der Waals surface area (Å²) in [5.41, 5.74) is 7.12. The molecular weight excluding hydrogens is 268 g/mol. The Bertz CT molecular complexity index is 572. The molecule has 2 heterocycles. The van der Waals surface area contributed by atoms with Crippen LogP contribution in [0.2, 0.25) is 0 Å². The van der Waals surface area contributed by atoms with Crippen molar-refractivity contribution in [3.63, 3.8) is 0 Å². The summed E-state index contributed by atoms with van der Waals surface area (Å²) in [6, 6.07) is 9.32. The average molecular weight is 288 g/mol. The minimum absolute atomic E-state index is 0.140. The summed E-state index contributed by atoms with van der Waals surface area (Å²) in [5.74, 6) is 1.00. The maximum atomic E-state index is 6.17. The number of nitrogens with zero attached hydrogens (tertiary/aromatic N) is 3. The summed E-state index contributed by atoms with van der Waals surface area (Å²) in [4.78, 5) is 6.73. The van der Waals surface area contributed by atoms with E-state index in [9.17, 15) is 0 Å². The van der Waals surface area contributed by atoms with Crippen LogP contribution < -0.4 is 5.73 Å². The fraction of sp³-hybridized carbons (Fsp3) is 0.467. The summed E-state index contributed by atoms with van der Waals surface area (Å²) >= 11 is 0. The number of morpholine rings is 1. The van der Waals surface area contributed by atoms with Crippen LogP contribution in [0.4, 0.5) is 0 Å². The highest BCUT2D eigenvalue weighted by atomic mass is 16.5. The van der Waals surface area contributed by atoms with Gasteiger partial charge in [-0.1, -0.05) is 42.4 Å². The highest BCUT2D eigenvalue weighted by Gasteiger charge is 2.26. The van der Waals surface area contributed by atoms with Gasteiger partial charge in [-0.15, -0.1) is 0 Å². The lowest BCUT2D eigenvalue weighted by molar-refractivity contribution is -0.0334. The Morgan fingerprint density at radius 1 is 1.38 bits per heavy atom. The third-order valence-electron chi connectivity index (χ3n) is 3.77. The summed E-state index contributed by atoms with van der Waals surface area (Å²) in [6.45, 7) is 5.55. The van der Waals surface area contributed by atoms with E-state index in [1.165, 1.54) is 0 Å². The van der Waals surface area contributed by atoms with E-state index in [4.69, 9.17) is 15.0 Å². The van der Waals surface area contributed by atoms with E-state index in [2.05, 4.69) is 22.0 Å². The quantitative estimate of drug-likeness (QED) is 0.919. The summed E-state index contributed by atoms with van der Waals surface area (Å²) < 4.78 is 11.0. The Kier molecular flexibility index (Phi) is 4.28. The van der Waals surface area contributed by atoms with Crippen LogP contribution in [0.3, 0.4) is 0 Å². The van der Waals surface area contributed by atoms with Gasteiger partial charge < -0.3 is 15.0 Å². The van der Waals surface area contributed by atoms with Crippen molar-refractivity contribution in [1.29, 1.82) is 0 Å². The van der Waals surface area contributed by atoms with Crippen LogP contribution in [-0.4, -0.2) is 41.3 Å². The zero-order valence-electron chi connectivity index (χ0n) is 12.1. The van der Waals surface area contributed by atoms with Crippen LogP contribution in [0.15, 0.2) is 34.9 Å². The minimum Gasteiger partial charge on any atom is -0.367 e. The molecule has 2 aromatic rings. The zero-order valence-corrected chi connectivity index (χ0v) is 12.1. The van der Waals surface area contributed by atoms with Gasteiger partial charge in [0.15, 0.2) is 0 Å². The minimum atomic E-state index is -0.404. The molecule has 1 fully saturated rings. The number of rotatable bonds is 4. The van der Waals surface area contributed by atoms with Gasteiger partial charge in [-0.3, -0.25) is 4.90 Å². The molecule has 21 heavy (non-hydrogen) atoms. The molecule has 112 valence electrons. The summed E-state index contributed by atoms with van der Waals surface area (Å²) in [7, 11) is 0. The predicted octanol–water partition coefficient (Wildman–Crippen LogP) is 1.51. The van der Waals surface area contributed by atoms with Gasteiger partial charge in [0.1, 0.15) is 12.1 Å². The molecule has 6 nitrogen and oxygen atoms in total. The second-order valence-corrected chi connectivity index (χ2v) is 5.13. The van der Waals surface area contributed by atoms with Crippen molar-refractivity contribution in [2.45, 2.75) is 19.1 Å². The summed E-state index contributed by atoms with van der Waals surface area (Å²) in [6.07, 6.45) is -0.140. The molecule has 1 aromatic heterocycles. The second kappa shape index (κ2) is 6.34. The van der Waals surface area contributed by atoms with Crippen molar-refractivity contribution in [3.05, 3.63) is 47.6 Å². The van der Waals surface area contributed by atoms with Crippen molar-refractivity contribution in [3.8, 4) is 0 Å². The maximum absolute atomic E-state index is 6.17. The van der Waals surface area contributed by atoms with E-state index in [-0.39, 0.29) is 6.10 Å². The number of likely N-dealkylation sites (N-methyl/N-ethyl adjacent to an activating group) is 1. The van der Waals surface area contributed by atoms with Crippen molar-refractivity contribution in [1.82, 2.24) is 15.0 Å². The molecule has 1 unspecified atom stereocenters. The fourth-order valence-corrected chi connectivity index (χ4v) is 2.45. The topological polar surface area (TPSA) is 77.4 Å². The molecule has 0 saturated carbocycles. The number of benzene rings is 1. The third kappa shape index (κ3) is 3.12. The molecular formula is C15H20N4O2. The highest BCUT2D eigenvalue weighted by molar-refractivity contribution is 5.23. The normalized spacial score (nSPS) is 21.3. The molecule has 0 bridgehead atoms. The first-order valence-corrected chi connectivity index (χ1v) is 7.26. The lowest BCUT2D eigenvalue weighted by Crippen LogP contribution is -2.38. The van der Waals surface area contributed by atoms with Gasteiger partial charge in [-0.25, -0.2) is 0 Å². The molecule has 0 aliphatic carbocycles. The Morgan fingerprint density at radius 2 is 2.19 bits per heavy atom. The molecule has 0 amide bonds. The number of hydrogen-bond donors (Lipinski definition) is 1. The van der Waals surface area contributed by atoms with Crippen LogP contribution in [-0.2, 0) is 4.74 Å². The second-order valence-electron chi connectivity index (χ2n) is 5.13. The molecule has 1 aliphatic heterocycles. The summed E-state index contributed by atoms with van der Waals surface area (Å²) in [5, 5.41) is 4.04. The van der Waals surface area contributed by atoms with Gasteiger partial charge in [-0.2, -0.15) is 4.98 Å². The number of nitrogens with two attached hydrogens (primary N) is 1. The van der Waals surface area contributed by atoms with Gasteiger partial charge in [0.25, 0.3) is 0 Å². The largest absolute Gasteiger partial charge is 0.367 e. The van der Waals surface area contributed by atoms with Crippen LogP contribution >= 0.6 is 0 Å². The monoisotopic (exact) mass is 288 g/mol. The van der Waals surface area contributed by atoms with Crippen LogP contribution in [0.25, 0.3) is 0 Å². The molecule has 2 N–H and O–H groups in total. The molecule has 0 radical (unpaired) electrons. The van der Waals surface area contributed by atoms with Crippen molar-refractivity contribution < 1.29 is 9.26 Å². The molecule has 1 saturated heterocycles. The number of ether oxygens (including phenoxy) is 1. The van der Waals surface area contributed by atoms with E-state index in [1.54, 1.807) is 0 Å². The Balaban J connectivity index is 1.74. The first-order chi connectivity index (χ1) is 10.3. The van der Waals surface area contributed by atoms with Gasteiger partial charge in [0.05, 0.1) is 6.61 Å². The third-order valence-corrected chi connectivity index (χ3v) is 3.77. The van der Waals surface area contributed by atoms with Crippen LogP contribution in [0.5, 0.6) is 0 Å². The van der Waals surface area contributed by atoms with Crippen molar-refractivity contribution in [2.75, 3.05) is 26.2 Å². The Morgan fingerprint density at radius 3 is 2.95 bits per heavy atom. The van der Waals surface area contributed by atoms with E-state index in [0.29, 0.717) is 18.3 Å². The van der Waals surface area contributed by atoms with E-state index >= 15 is 0 Å². The maximum Gasteiger partial charge on any atom is 0.248 e. The number of hydrogen-bond acceptors (Lipinski definition) is 6. The molecule has 6 heteroatoms. The first kappa shape index (κ1) is 14.2. The van der Waals surface area contributed by atoms with Gasteiger partial charge in [0.2, 0.25) is 11.7 Å². The van der Waals surface area contributed by atoms with Gasteiger partial charge >= 0.3 is 0 Å². The van der Waals surface area contributed by atoms with E-state index in [1.807, 2.05) is 30.3 Å². The fourth-order valence-electron chi connectivity index (χ4n) is 2.45. The van der Waals surface area contributed by atoms with E-state index < -0.39 is 6.04 Å². The molecule has 1 aromatic carbocycles. The highest BCUT2D eigenvalue weighted by Crippen LogP contribution is 2.23. The SMILES string of the molecule is CCN1CCOC(c2noc([C@H](N)c3ccccc3)n2)C1. The predicted molar refractivity (Wildman–Crippen MR) is 77.6 cm³/mol. The lowest BCUT2D eigenvalue weighted by atomic mass is 10.1. The standard InChI is InChI=1S/C15H20N4O2/c1-2-19-8-9-20-12(10-19)14-17-15(21-18-14)13(16)11-6-4-3-5-7-11/h3-7,12-13H,2,8-10,16H2,1H3/t12?,13-/m1/s1. The van der Waals surface area contributed by atoms with E-state index in [0.717, 1.165) is 25.2 Å². The first-order valence-electron chi connectivity index (χ1n) is 7.26. The smallest absolute Gasteiger partial charge is 0.248 e. The Hall–Kier alpha value is -1.76. The van der Waals surface area contributed by atoms with Gasteiger partial charge in [-0.05, 0) is 12.1 Å². The molecule has 2 atom stereocenters. The molecule has 1 aliphatic rings. The van der Waals surface area contributed by atoms with Crippen molar-refractivity contribution >= 4 is 0 Å². The van der Waals surface area contributed by atoms with Gasteiger partial charge in [0, 0.05) is 13.1 Å². The van der Waals surface area contributed by atoms with Crippen LogP contribution in [0, 0.1) is 0 Å². The number of aromatic nitrogens is 2. The lowest BCUT2D eigenvalue weighted by Gasteiger charge is -2.30. The molecule has 3 rings (SSSR count). The molecule has 0 spiro atoms. The average Bonchev–Trinajstić information content (AvgIpc) is 3.05.